The Kier molecular flexibility index (Phi) is 8.24. The molecule has 0 aromatic heterocycles. The van der Waals surface area contributed by atoms with Gasteiger partial charge in [-0.2, -0.15) is 0 Å². The zero-order chi connectivity index (χ0) is 20.6. The summed E-state index contributed by atoms with van der Waals surface area (Å²) in [6.07, 6.45) is -0.669. The minimum Gasteiger partial charge on any atom is -0.480 e. The molecule has 0 aliphatic carbocycles. The molecular formula is C19H28N2O6. The van der Waals surface area contributed by atoms with Crippen molar-refractivity contribution in [1.82, 2.24) is 10.2 Å². The second kappa shape index (κ2) is 9.91. The number of rotatable bonds is 8. The first kappa shape index (κ1) is 22.4. The zero-order valence-electron chi connectivity index (χ0n) is 16.4. The van der Waals surface area contributed by atoms with E-state index < -0.39 is 35.7 Å². The Morgan fingerprint density at radius 2 is 1.78 bits per heavy atom. The van der Waals surface area contributed by atoms with Crippen LogP contribution in [0.4, 0.5) is 4.79 Å². The fourth-order valence-electron chi connectivity index (χ4n) is 2.00. The second-order valence-electron chi connectivity index (χ2n) is 7.17. The third kappa shape index (κ3) is 8.08. The molecule has 2 atom stereocenters. The minimum absolute atomic E-state index is 0.196. The number of carbonyl (C=O) groups excluding carboxylic acids is 2. The molecule has 150 valence electrons. The van der Waals surface area contributed by atoms with Gasteiger partial charge in [-0.15, -0.1) is 0 Å². The maximum atomic E-state index is 12.3. The predicted molar refractivity (Wildman–Crippen MR) is 99.1 cm³/mol. The fourth-order valence-corrected chi connectivity index (χ4v) is 2.00. The van der Waals surface area contributed by atoms with Crippen molar-refractivity contribution in [2.24, 2.45) is 0 Å². The number of benzene rings is 1. The van der Waals surface area contributed by atoms with Gasteiger partial charge in [0, 0.05) is 7.05 Å². The lowest BCUT2D eigenvalue weighted by Gasteiger charge is -2.28. The van der Waals surface area contributed by atoms with Crippen LogP contribution in [-0.2, 0) is 25.7 Å². The standard InChI is InChI=1S/C19H28N2O6/c1-13(21(5)18(25)27-19(2,3)4)16(22)20-15(17(23)24)12-26-11-14-9-7-6-8-10-14/h6-10,13,15H,11-12H2,1-5H3,(H,20,22)(H,23,24)/t13-,15?/m0/s1. The Labute approximate surface area is 159 Å². The third-order valence-corrected chi connectivity index (χ3v) is 3.65. The maximum absolute atomic E-state index is 12.3. The van der Waals surface area contributed by atoms with Crippen LogP contribution in [0.5, 0.6) is 0 Å². The summed E-state index contributed by atoms with van der Waals surface area (Å²) in [5.41, 5.74) is 0.196. The Hall–Kier alpha value is -2.61. The number of nitrogens with zero attached hydrogens (tertiary/aromatic N) is 1. The molecule has 1 unspecified atom stereocenters. The number of hydrogen-bond donors (Lipinski definition) is 2. The number of hydrogen-bond acceptors (Lipinski definition) is 5. The summed E-state index contributed by atoms with van der Waals surface area (Å²) >= 11 is 0. The molecule has 0 fully saturated rings. The van der Waals surface area contributed by atoms with Gasteiger partial charge in [-0.1, -0.05) is 30.3 Å². The molecule has 0 saturated carbocycles. The number of carboxylic acids is 1. The molecule has 1 aromatic carbocycles. The average Bonchev–Trinajstić information content (AvgIpc) is 2.58. The molecule has 0 bridgehead atoms. The highest BCUT2D eigenvalue weighted by Gasteiger charge is 2.29. The molecule has 2 N–H and O–H groups in total. The van der Waals surface area contributed by atoms with Gasteiger partial charge < -0.3 is 19.9 Å². The smallest absolute Gasteiger partial charge is 0.410 e. The second-order valence-corrected chi connectivity index (χ2v) is 7.17. The minimum atomic E-state index is -1.23. The summed E-state index contributed by atoms with van der Waals surface area (Å²) in [6.45, 7) is 6.67. The summed E-state index contributed by atoms with van der Waals surface area (Å²) in [7, 11) is 1.42. The van der Waals surface area contributed by atoms with Crippen LogP contribution in [0.2, 0.25) is 0 Å². The number of nitrogens with one attached hydrogen (secondary N) is 1. The first-order valence-corrected chi connectivity index (χ1v) is 8.62. The molecule has 27 heavy (non-hydrogen) atoms. The Morgan fingerprint density at radius 1 is 1.19 bits per heavy atom. The van der Waals surface area contributed by atoms with Gasteiger partial charge in [0.05, 0.1) is 13.2 Å². The van der Waals surface area contributed by atoms with Gasteiger partial charge in [0.1, 0.15) is 11.6 Å². The molecule has 8 heteroatoms. The van der Waals surface area contributed by atoms with E-state index in [1.54, 1.807) is 20.8 Å². The molecule has 0 heterocycles. The van der Waals surface area contributed by atoms with Crippen molar-refractivity contribution in [2.75, 3.05) is 13.7 Å². The summed E-state index contributed by atoms with van der Waals surface area (Å²) < 4.78 is 10.6. The van der Waals surface area contributed by atoms with E-state index >= 15 is 0 Å². The lowest BCUT2D eigenvalue weighted by atomic mass is 10.2. The topological polar surface area (TPSA) is 105 Å². The highest BCUT2D eigenvalue weighted by Crippen LogP contribution is 2.11. The molecule has 0 aliphatic heterocycles. The lowest BCUT2D eigenvalue weighted by Crippen LogP contribution is -2.52. The predicted octanol–water partition coefficient (Wildman–Crippen LogP) is 2.03. The van der Waals surface area contributed by atoms with Crippen molar-refractivity contribution >= 4 is 18.0 Å². The SMILES string of the molecule is C[C@@H](C(=O)NC(COCc1ccccc1)C(=O)O)N(C)C(=O)OC(C)(C)C. The van der Waals surface area contributed by atoms with Crippen LogP contribution in [0.15, 0.2) is 30.3 Å². The quantitative estimate of drug-likeness (QED) is 0.715. The van der Waals surface area contributed by atoms with Crippen molar-refractivity contribution in [3.8, 4) is 0 Å². The number of amides is 2. The normalized spacial score (nSPS) is 13.4. The number of aliphatic carboxylic acids is 1. The third-order valence-electron chi connectivity index (χ3n) is 3.65. The molecule has 1 aromatic rings. The van der Waals surface area contributed by atoms with Crippen LogP contribution in [0.25, 0.3) is 0 Å². The van der Waals surface area contributed by atoms with Crippen LogP contribution in [0, 0.1) is 0 Å². The molecule has 0 spiro atoms. The van der Waals surface area contributed by atoms with E-state index in [2.05, 4.69) is 5.32 Å². The van der Waals surface area contributed by atoms with Gasteiger partial charge in [0.15, 0.2) is 6.04 Å². The van der Waals surface area contributed by atoms with Crippen molar-refractivity contribution in [3.63, 3.8) is 0 Å². The maximum Gasteiger partial charge on any atom is 0.410 e. The lowest BCUT2D eigenvalue weighted by molar-refractivity contribution is -0.144. The van der Waals surface area contributed by atoms with Crippen molar-refractivity contribution in [1.29, 1.82) is 0 Å². The summed E-state index contributed by atoms with van der Waals surface area (Å²) in [5, 5.41) is 11.7. The van der Waals surface area contributed by atoms with E-state index in [-0.39, 0.29) is 13.2 Å². The largest absolute Gasteiger partial charge is 0.480 e. The Morgan fingerprint density at radius 3 is 2.30 bits per heavy atom. The molecule has 0 saturated heterocycles. The van der Waals surface area contributed by atoms with Crippen LogP contribution >= 0.6 is 0 Å². The molecule has 0 aliphatic rings. The van der Waals surface area contributed by atoms with E-state index in [4.69, 9.17) is 9.47 Å². The van der Waals surface area contributed by atoms with Crippen LogP contribution in [0.3, 0.4) is 0 Å². The molecule has 1 rings (SSSR count). The first-order chi connectivity index (χ1) is 12.5. The Balaban J connectivity index is 2.58. The van der Waals surface area contributed by atoms with Crippen molar-refractivity contribution in [2.45, 2.75) is 52.0 Å². The number of carbonyl (C=O) groups is 3. The van der Waals surface area contributed by atoms with Gasteiger partial charge in [-0.3, -0.25) is 9.69 Å². The molecule has 2 amide bonds. The summed E-state index contributed by atoms with van der Waals surface area (Å²) in [6, 6.07) is 7.14. The number of carboxylic acid groups (broad SMARTS) is 1. The van der Waals surface area contributed by atoms with E-state index in [1.165, 1.54) is 14.0 Å². The molecule has 8 nitrogen and oxygen atoms in total. The van der Waals surface area contributed by atoms with E-state index in [0.717, 1.165) is 10.5 Å². The van der Waals surface area contributed by atoms with Crippen LogP contribution in [0.1, 0.15) is 33.3 Å². The summed E-state index contributed by atoms with van der Waals surface area (Å²) in [4.78, 5) is 36.9. The monoisotopic (exact) mass is 380 g/mol. The summed E-state index contributed by atoms with van der Waals surface area (Å²) in [5.74, 6) is -1.83. The van der Waals surface area contributed by atoms with E-state index in [1.807, 2.05) is 30.3 Å². The van der Waals surface area contributed by atoms with Gasteiger partial charge >= 0.3 is 12.1 Å². The zero-order valence-corrected chi connectivity index (χ0v) is 16.4. The van der Waals surface area contributed by atoms with Gasteiger partial charge in [-0.05, 0) is 33.3 Å². The highest BCUT2D eigenvalue weighted by molar-refractivity contribution is 5.88. The van der Waals surface area contributed by atoms with Gasteiger partial charge in [-0.25, -0.2) is 9.59 Å². The first-order valence-electron chi connectivity index (χ1n) is 8.62. The number of ether oxygens (including phenoxy) is 2. The van der Waals surface area contributed by atoms with Crippen molar-refractivity contribution < 1.29 is 29.0 Å². The highest BCUT2D eigenvalue weighted by atomic mass is 16.6. The van der Waals surface area contributed by atoms with Gasteiger partial charge in [0.25, 0.3) is 0 Å². The molecular weight excluding hydrogens is 352 g/mol. The number of likely N-dealkylation sites (N-methyl/N-ethyl adjacent to an activating group) is 1. The van der Waals surface area contributed by atoms with Crippen molar-refractivity contribution in [3.05, 3.63) is 35.9 Å². The fraction of sp³-hybridized carbons (Fsp3) is 0.526. The van der Waals surface area contributed by atoms with Gasteiger partial charge in [0.2, 0.25) is 5.91 Å². The van der Waals surface area contributed by atoms with E-state index in [9.17, 15) is 19.5 Å². The Bertz CT molecular complexity index is 641. The van der Waals surface area contributed by atoms with E-state index in [0.29, 0.717) is 0 Å². The van der Waals surface area contributed by atoms with Crippen LogP contribution < -0.4 is 5.32 Å². The van der Waals surface area contributed by atoms with Crippen LogP contribution in [-0.4, -0.2) is 59.3 Å². The average molecular weight is 380 g/mol. The molecule has 0 radical (unpaired) electrons.